The fourth-order valence-electron chi connectivity index (χ4n) is 3.47. The van der Waals surface area contributed by atoms with Gasteiger partial charge in [0.05, 0.1) is 0 Å². The van der Waals surface area contributed by atoms with Gasteiger partial charge in [0, 0.05) is 45.0 Å². The summed E-state index contributed by atoms with van der Waals surface area (Å²) in [5.41, 5.74) is 2.61. The van der Waals surface area contributed by atoms with Crippen LogP contribution in [0.2, 0.25) is 0 Å². The molecule has 0 saturated carbocycles. The molecule has 0 aliphatic heterocycles. The van der Waals surface area contributed by atoms with E-state index in [2.05, 4.69) is 85.8 Å². The van der Waals surface area contributed by atoms with Crippen molar-refractivity contribution < 1.29 is 0 Å². The average molecular weight is 517 g/mol. The summed E-state index contributed by atoms with van der Waals surface area (Å²) in [6, 6.07) is 21.3. The van der Waals surface area contributed by atoms with Gasteiger partial charge in [-0.1, -0.05) is 60.7 Å². The van der Waals surface area contributed by atoms with Crippen molar-refractivity contribution in [2.75, 3.05) is 20.1 Å². The molecule has 1 aromatic heterocycles. The van der Waals surface area contributed by atoms with Crippen LogP contribution in [-0.2, 0) is 6.54 Å². The van der Waals surface area contributed by atoms with Crippen molar-refractivity contribution in [3.8, 4) is 0 Å². The minimum atomic E-state index is 0. The highest BCUT2D eigenvalue weighted by Gasteiger charge is 2.14. The van der Waals surface area contributed by atoms with Crippen LogP contribution < -0.4 is 10.6 Å². The average Bonchev–Trinajstić information content (AvgIpc) is 3.18. The summed E-state index contributed by atoms with van der Waals surface area (Å²) in [6.07, 6.45) is 6.09. The topological polar surface area (TPSA) is 54.2 Å². The monoisotopic (exact) mass is 517 g/mol. The van der Waals surface area contributed by atoms with Crippen LogP contribution in [0.3, 0.4) is 0 Å². The molecule has 3 rings (SSSR count). The van der Waals surface area contributed by atoms with Gasteiger partial charge in [0.2, 0.25) is 0 Å². The number of imidazole rings is 1. The van der Waals surface area contributed by atoms with Crippen molar-refractivity contribution in [3.05, 3.63) is 90.0 Å². The van der Waals surface area contributed by atoms with Gasteiger partial charge in [-0.15, -0.1) is 24.0 Å². The lowest BCUT2D eigenvalue weighted by Gasteiger charge is -2.20. The first-order chi connectivity index (χ1) is 14.3. The fourth-order valence-corrected chi connectivity index (χ4v) is 3.47. The lowest BCUT2D eigenvalue weighted by Crippen LogP contribution is -2.40. The van der Waals surface area contributed by atoms with Gasteiger partial charge in [0.1, 0.15) is 5.82 Å². The molecule has 2 N–H and O–H groups in total. The van der Waals surface area contributed by atoms with E-state index in [1.165, 1.54) is 11.1 Å². The zero-order chi connectivity index (χ0) is 20.3. The first kappa shape index (κ1) is 23.9. The van der Waals surface area contributed by atoms with Crippen LogP contribution >= 0.6 is 24.0 Å². The summed E-state index contributed by atoms with van der Waals surface area (Å²) in [7, 11) is 1.82. The van der Waals surface area contributed by atoms with Crippen LogP contribution in [0.1, 0.15) is 35.7 Å². The number of unbranched alkanes of at least 4 members (excludes halogenated alkanes) is 1. The van der Waals surface area contributed by atoms with Crippen molar-refractivity contribution in [1.82, 2.24) is 20.2 Å². The molecular formula is C24H32IN5. The standard InChI is InChI=1S/C24H31N5.HI/c1-20-26-16-18-29(20)17-10-9-15-27-24(25-2)28-19-23(21-11-5-3-6-12-21)22-13-7-4-8-14-22;/h3-8,11-14,16,18,23H,9-10,15,17,19H2,1-2H3,(H2,25,27,28);1H. The largest absolute Gasteiger partial charge is 0.356 e. The van der Waals surface area contributed by atoms with E-state index in [1.807, 2.05) is 26.4 Å². The first-order valence-corrected chi connectivity index (χ1v) is 10.3. The Labute approximate surface area is 197 Å². The zero-order valence-corrected chi connectivity index (χ0v) is 20.1. The Morgan fingerprint density at radius 3 is 2.13 bits per heavy atom. The number of hydrogen-bond acceptors (Lipinski definition) is 2. The second-order valence-corrected chi connectivity index (χ2v) is 7.13. The van der Waals surface area contributed by atoms with Crippen LogP contribution in [-0.4, -0.2) is 35.6 Å². The highest BCUT2D eigenvalue weighted by atomic mass is 127. The molecule has 3 aromatic rings. The molecule has 6 heteroatoms. The van der Waals surface area contributed by atoms with Gasteiger partial charge in [-0.3, -0.25) is 4.99 Å². The second kappa shape index (κ2) is 13.1. The quantitative estimate of drug-likeness (QED) is 0.189. The Bertz CT molecular complexity index is 837. The van der Waals surface area contributed by atoms with E-state index in [9.17, 15) is 0 Å². The van der Waals surface area contributed by atoms with Gasteiger partial charge in [0.15, 0.2) is 5.96 Å². The van der Waals surface area contributed by atoms with E-state index in [0.29, 0.717) is 0 Å². The molecule has 0 amide bonds. The number of guanidine groups is 1. The number of rotatable bonds is 9. The number of hydrogen-bond donors (Lipinski definition) is 2. The number of aryl methyl sites for hydroxylation is 2. The molecule has 0 atom stereocenters. The Hall–Kier alpha value is -2.35. The predicted octanol–water partition coefficient (Wildman–Crippen LogP) is 4.59. The summed E-state index contributed by atoms with van der Waals surface area (Å²) in [5, 5.41) is 6.94. The lowest BCUT2D eigenvalue weighted by molar-refractivity contribution is 0.587. The van der Waals surface area contributed by atoms with E-state index in [0.717, 1.165) is 44.3 Å². The zero-order valence-electron chi connectivity index (χ0n) is 17.8. The molecule has 2 aromatic carbocycles. The summed E-state index contributed by atoms with van der Waals surface area (Å²) in [5.74, 6) is 2.20. The van der Waals surface area contributed by atoms with Crippen LogP contribution in [0.25, 0.3) is 0 Å². The van der Waals surface area contributed by atoms with Gasteiger partial charge in [-0.05, 0) is 30.9 Å². The minimum Gasteiger partial charge on any atom is -0.356 e. The van der Waals surface area contributed by atoms with Gasteiger partial charge >= 0.3 is 0 Å². The molecule has 30 heavy (non-hydrogen) atoms. The maximum atomic E-state index is 4.39. The number of aromatic nitrogens is 2. The Balaban J connectivity index is 0.00000320. The Kier molecular flexibility index (Phi) is 10.4. The summed E-state index contributed by atoms with van der Waals surface area (Å²) >= 11 is 0. The molecule has 0 unspecified atom stereocenters. The van der Waals surface area contributed by atoms with Gasteiger partial charge in [-0.25, -0.2) is 4.98 Å². The van der Waals surface area contributed by atoms with E-state index in [4.69, 9.17) is 0 Å². The summed E-state index contributed by atoms with van der Waals surface area (Å²) in [4.78, 5) is 8.65. The molecule has 0 saturated heterocycles. The van der Waals surface area contributed by atoms with Gasteiger partial charge in [0.25, 0.3) is 0 Å². The third-order valence-electron chi connectivity index (χ3n) is 5.14. The van der Waals surface area contributed by atoms with Crippen molar-refractivity contribution in [2.24, 2.45) is 4.99 Å². The van der Waals surface area contributed by atoms with Crippen LogP contribution in [0, 0.1) is 6.92 Å². The van der Waals surface area contributed by atoms with Crippen molar-refractivity contribution in [2.45, 2.75) is 32.2 Å². The van der Waals surface area contributed by atoms with Gasteiger partial charge < -0.3 is 15.2 Å². The number of benzene rings is 2. The van der Waals surface area contributed by atoms with E-state index >= 15 is 0 Å². The molecule has 160 valence electrons. The molecule has 5 nitrogen and oxygen atoms in total. The highest BCUT2D eigenvalue weighted by Crippen LogP contribution is 2.23. The molecule has 0 aliphatic rings. The number of halogens is 1. The van der Waals surface area contributed by atoms with Gasteiger partial charge in [-0.2, -0.15) is 0 Å². The molecule has 0 radical (unpaired) electrons. The minimum absolute atomic E-state index is 0. The number of aliphatic imine (C=N–C) groups is 1. The van der Waals surface area contributed by atoms with Crippen LogP contribution in [0.4, 0.5) is 0 Å². The van der Waals surface area contributed by atoms with E-state index in [-0.39, 0.29) is 29.9 Å². The smallest absolute Gasteiger partial charge is 0.191 e. The Morgan fingerprint density at radius 1 is 0.967 bits per heavy atom. The second-order valence-electron chi connectivity index (χ2n) is 7.13. The van der Waals surface area contributed by atoms with Crippen molar-refractivity contribution in [1.29, 1.82) is 0 Å². The van der Waals surface area contributed by atoms with Crippen molar-refractivity contribution in [3.63, 3.8) is 0 Å². The first-order valence-electron chi connectivity index (χ1n) is 10.3. The number of nitrogens with one attached hydrogen (secondary N) is 2. The van der Waals surface area contributed by atoms with E-state index in [1.54, 1.807) is 0 Å². The third-order valence-corrected chi connectivity index (χ3v) is 5.14. The molecule has 0 bridgehead atoms. The molecule has 0 fully saturated rings. The summed E-state index contributed by atoms with van der Waals surface area (Å²) in [6.45, 7) is 4.74. The highest BCUT2D eigenvalue weighted by molar-refractivity contribution is 14.0. The maximum Gasteiger partial charge on any atom is 0.191 e. The van der Waals surface area contributed by atoms with Crippen LogP contribution in [0.5, 0.6) is 0 Å². The predicted molar refractivity (Wildman–Crippen MR) is 136 cm³/mol. The Morgan fingerprint density at radius 2 is 1.60 bits per heavy atom. The fraction of sp³-hybridized carbons (Fsp3) is 0.333. The maximum absolute atomic E-state index is 4.39. The molecular weight excluding hydrogens is 485 g/mol. The van der Waals surface area contributed by atoms with Crippen molar-refractivity contribution >= 4 is 29.9 Å². The third kappa shape index (κ3) is 7.16. The summed E-state index contributed by atoms with van der Waals surface area (Å²) < 4.78 is 2.19. The normalized spacial score (nSPS) is 11.2. The molecule has 0 spiro atoms. The lowest BCUT2D eigenvalue weighted by atomic mass is 9.91. The molecule has 1 heterocycles. The number of nitrogens with zero attached hydrogens (tertiary/aromatic N) is 3. The SMILES string of the molecule is CN=C(NCCCCn1ccnc1C)NCC(c1ccccc1)c1ccccc1.I. The van der Waals surface area contributed by atoms with E-state index < -0.39 is 0 Å². The molecule has 0 aliphatic carbocycles. The van der Waals surface area contributed by atoms with Crippen LogP contribution in [0.15, 0.2) is 78.0 Å².